The van der Waals surface area contributed by atoms with E-state index in [-0.39, 0.29) is 12.5 Å². The van der Waals surface area contributed by atoms with Gasteiger partial charge in [0.15, 0.2) is 0 Å². The van der Waals surface area contributed by atoms with Crippen molar-refractivity contribution in [2.75, 3.05) is 13.2 Å². The largest absolute Gasteiger partial charge is 0.396 e. The smallest absolute Gasteiger partial charge is 0.224 e. The van der Waals surface area contributed by atoms with Gasteiger partial charge in [-0.25, -0.2) is 4.98 Å². The molecule has 0 bridgehead atoms. The Labute approximate surface area is 124 Å². The molecule has 0 radical (unpaired) electrons. The van der Waals surface area contributed by atoms with Crippen molar-refractivity contribution in [2.24, 2.45) is 5.92 Å². The van der Waals surface area contributed by atoms with Crippen molar-refractivity contribution in [1.82, 2.24) is 15.3 Å². The van der Waals surface area contributed by atoms with Gasteiger partial charge in [0.2, 0.25) is 5.91 Å². The molecule has 2 aromatic rings. The third-order valence-electron chi connectivity index (χ3n) is 3.71. The number of amides is 1. The average molecular weight is 289 g/mol. The van der Waals surface area contributed by atoms with Gasteiger partial charge in [0.25, 0.3) is 0 Å². The monoisotopic (exact) mass is 289 g/mol. The second kappa shape index (κ2) is 7.78. The maximum atomic E-state index is 12.1. The first-order valence-corrected chi connectivity index (χ1v) is 7.53. The van der Waals surface area contributed by atoms with Gasteiger partial charge in [-0.15, -0.1) is 0 Å². The SMILES string of the molecule is CCCC(CCO)CNC(=O)Cc1c[nH]c2ncccc12. The highest BCUT2D eigenvalue weighted by Gasteiger charge is 2.12. The highest BCUT2D eigenvalue weighted by Crippen LogP contribution is 2.16. The second-order valence-electron chi connectivity index (χ2n) is 5.36. The van der Waals surface area contributed by atoms with E-state index in [0.717, 1.165) is 35.9 Å². The summed E-state index contributed by atoms with van der Waals surface area (Å²) < 4.78 is 0. The molecule has 1 unspecified atom stereocenters. The van der Waals surface area contributed by atoms with Crippen LogP contribution in [0.5, 0.6) is 0 Å². The quantitative estimate of drug-likeness (QED) is 0.695. The van der Waals surface area contributed by atoms with Crippen LogP contribution < -0.4 is 5.32 Å². The predicted molar refractivity (Wildman–Crippen MR) is 82.9 cm³/mol. The lowest BCUT2D eigenvalue weighted by molar-refractivity contribution is -0.120. The number of nitrogens with one attached hydrogen (secondary N) is 2. The van der Waals surface area contributed by atoms with Gasteiger partial charge in [-0.3, -0.25) is 4.79 Å². The minimum atomic E-state index is 0.0128. The van der Waals surface area contributed by atoms with Crippen LogP contribution in [0.3, 0.4) is 0 Å². The zero-order chi connectivity index (χ0) is 15.1. The first kappa shape index (κ1) is 15.5. The lowest BCUT2D eigenvalue weighted by Crippen LogP contribution is -2.30. The van der Waals surface area contributed by atoms with Crippen molar-refractivity contribution in [3.05, 3.63) is 30.1 Å². The van der Waals surface area contributed by atoms with E-state index in [4.69, 9.17) is 5.11 Å². The number of hydrogen-bond acceptors (Lipinski definition) is 3. The van der Waals surface area contributed by atoms with E-state index < -0.39 is 0 Å². The van der Waals surface area contributed by atoms with E-state index in [0.29, 0.717) is 18.9 Å². The Morgan fingerprint density at radius 2 is 2.33 bits per heavy atom. The number of aromatic amines is 1. The van der Waals surface area contributed by atoms with Crippen LogP contribution in [0.25, 0.3) is 11.0 Å². The van der Waals surface area contributed by atoms with Crippen LogP contribution in [0.15, 0.2) is 24.5 Å². The summed E-state index contributed by atoms with van der Waals surface area (Å²) in [6.45, 7) is 2.92. The number of pyridine rings is 1. The van der Waals surface area contributed by atoms with Gasteiger partial charge < -0.3 is 15.4 Å². The summed E-state index contributed by atoms with van der Waals surface area (Å²) in [5.41, 5.74) is 1.77. The first-order valence-electron chi connectivity index (χ1n) is 7.53. The summed E-state index contributed by atoms with van der Waals surface area (Å²) in [4.78, 5) is 19.4. The van der Waals surface area contributed by atoms with E-state index >= 15 is 0 Å². The fourth-order valence-corrected chi connectivity index (χ4v) is 2.59. The molecule has 2 aromatic heterocycles. The molecule has 0 spiro atoms. The number of H-pyrrole nitrogens is 1. The lowest BCUT2D eigenvalue weighted by Gasteiger charge is -2.15. The van der Waals surface area contributed by atoms with Crippen LogP contribution in [0.2, 0.25) is 0 Å². The number of carbonyl (C=O) groups is 1. The molecule has 0 aromatic carbocycles. The normalized spacial score (nSPS) is 12.5. The van der Waals surface area contributed by atoms with Gasteiger partial charge in [0.1, 0.15) is 5.65 Å². The third kappa shape index (κ3) is 4.29. The first-order chi connectivity index (χ1) is 10.2. The summed E-state index contributed by atoms with van der Waals surface area (Å²) in [5, 5.41) is 13.0. The van der Waals surface area contributed by atoms with Crippen molar-refractivity contribution in [2.45, 2.75) is 32.6 Å². The molecule has 114 valence electrons. The highest BCUT2D eigenvalue weighted by atomic mass is 16.3. The molecule has 0 saturated carbocycles. The summed E-state index contributed by atoms with van der Waals surface area (Å²) in [7, 11) is 0. The van der Waals surface area contributed by atoms with Gasteiger partial charge >= 0.3 is 0 Å². The summed E-state index contributed by atoms with van der Waals surface area (Å²) in [6, 6.07) is 3.84. The fourth-order valence-electron chi connectivity index (χ4n) is 2.59. The predicted octanol–water partition coefficient (Wildman–Crippen LogP) is 2.02. The molecule has 5 heteroatoms. The molecule has 3 N–H and O–H groups in total. The van der Waals surface area contributed by atoms with Crippen LogP contribution in [-0.4, -0.2) is 34.1 Å². The number of hydrogen-bond donors (Lipinski definition) is 3. The third-order valence-corrected chi connectivity index (χ3v) is 3.71. The number of nitrogens with zero attached hydrogens (tertiary/aromatic N) is 1. The van der Waals surface area contributed by atoms with E-state index in [2.05, 4.69) is 22.2 Å². The summed E-state index contributed by atoms with van der Waals surface area (Å²) in [6.07, 6.45) is 6.75. The summed E-state index contributed by atoms with van der Waals surface area (Å²) >= 11 is 0. The van der Waals surface area contributed by atoms with Crippen LogP contribution >= 0.6 is 0 Å². The molecule has 1 atom stereocenters. The molecule has 2 heterocycles. The van der Waals surface area contributed by atoms with Crippen LogP contribution in [0, 0.1) is 5.92 Å². The molecule has 5 nitrogen and oxygen atoms in total. The molecule has 1 amide bonds. The zero-order valence-electron chi connectivity index (χ0n) is 12.4. The maximum Gasteiger partial charge on any atom is 0.224 e. The van der Waals surface area contributed by atoms with Crippen LogP contribution in [0.4, 0.5) is 0 Å². The molecule has 21 heavy (non-hydrogen) atoms. The number of fused-ring (bicyclic) bond motifs is 1. The number of carbonyl (C=O) groups excluding carboxylic acids is 1. The molecule has 0 aliphatic rings. The standard InChI is InChI=1S/C16H23N3O2/c1-2-4-12(6-8-20)10-18-15(21)9-13-11-19-16-14(13)5-3-7-17-16/h3,5,7,11-12,20H,2,4,6,8-10H2,1H3,(H,17,19)(H,18,21). The molecule has 2 rings (SSSR count). The Bertz CT molecular complexity index is 574. The van der Waals surface area contributed by atoms with E-state index in [1.54, 1.807) is 6.20 Å². The molecular formula is C16H23N3O2. The topological polar surface area (TPSA) is 78.0 Å². The Morgan fingerprint density at radius 3 is 3.10 bits per heavy atom. The second-order valence-corrected chi connectivity index (χ2v) is 5.36. The zero-order valence-corrected chi connectivity index (χ0v) is 12.4. The minimum absolute atomic E-state index is 0.0128. The van der Waals surface area contributed by atoms with Crippen molar-refractivity contribution in [3.8, 4) is 0 Å². The van der Waals surface area contributed by atoms with E-state index in [1.807, 2.05) is 18.3 Å². The van der Waals surface area contributed by atoms with Crippen LogP contribution in [-0.2, 0) is 11.2 Å². The number of aromatic nitrogens is 2. The Balaban J connectivity index is 1.89. The Morgan fingerprint density at radius 1 is 1.48 bits per heavy atom. The Kier molecular flexibility index (Phi) is 5.75. The maximum absolute atomic E-state index is 12.1. The molecule has 0 saturated heterocycles. The van der Waals surface area contributed by atoms with Crippen molar-refractivity contribution >= 4 is 16.9 Å². The highest BCUT2D eigenvalue weighted by molar-refractivity contribution is 5.86. The van der Waals surface area contributed by atoms with Gasteiger partial charge in [-0.05, 0) is 36.5 Å². The number of rotatable bonds is 8. The van der Waals surface area contributed by atoms with Gasteiger partial charge in [0.05, 0.1) is 6.42 Å². The van der Waals surface area contributed by atoms with Crippen molar-refractivity contribution < 1.29 is 9.90 Å². The van der Waals surface area contributed by atoms with Gasteiger partial charge in [-0.1, -0.05) is 13.3 Å². The van der Waals surface area contributed by atoms with Gasteiger partial charge in [-0.2, -0.15) is 0 Å². The van der Waals surface area contributed by atoms with Crippen LogP contribution in [0.1, 0.15) is 31.7 Å². The average Bonchev–Trinajstić information content (AvgIpc) is 2.89. The Hall–Kier alpha value is -1.88. The number of aliphatic hydroxyl groups is 1. The van der Waals surface area contributed by atoms with Crippen molar-refractivity contribution in [3.63, 3.8) is 0 Å². The molecule has 0 aliphatic carbocycles. The fraction of sp³-hybridized carbons (Fsp3) is 0.500. The van der Waals surface area contributed by atoms with E-state index in [9.17, 15) is 4.79 Å². The van der Waals surface area contributed by atoms with E-state index in [1.165, 1.54) is 0 Å². The molecule has 0 fully saturated rings. The van der Waals surface area contributed by atoms with Crippen molar-refractivity contribution in [1.29, 1.82) is 0 Å². The minimum Gasteiger partial charge on any atom is -0.396 e. The number of aliphatic hydroxyl groups excluding tert-OH is 1. The summed E-state index contributed by atoms with van der Waals surface area (Å²) in [5.74, 6) is 0.368. The molecule has 0 aliphatic heterocycles. The molecular weight excluding hydrogens is 266 g/mol. The lowest BCUT2D eigenvalue weighted by atomic mass is 10.00. The van der Waals surface area contributed by atoms with Gasteiger partial charge in [0, 0.05) is 30.9 Å².